The predicted octanol–water partition coefficient (Wildman–Crippen LogP) is 2.80. The summed E-state index contributed by atoms with van der Waals surface area (Å²) in [6, 6.07) is 0.495. The Hall–Kier alpha value is -1.01. The number of nitrogen functional groups attached to an aromatic ring is 1. The Bertz CT molecular complexity index is 426. The van der Waals surface area contributed by atoms with Crippen molar-refractivity contribution in [2.24, 2.45) is 5.84 Å². The minimum absolute atomic E-state index is 0.495. The molecule has 20 heavy (non-hydrogen) atoms. The van der Waals surface area contributed by atoms with Crippen LogP contribution >= 0.6 is 11.8 Å². The highest BCUT2D eigenvalue weighted by molar-refractivity contribution is 7.99. The van der Waals surface area contributed by atoms with Crippen molar-refractivity contribution < 1.29 is 0 Å². The van der Waals surface area contributed by atoms with Crippen LogP contribution in [0.4, 0.5) is 11.6 Å². The first-order valence-corrected chi connectivity index (χ1v) is 8.68. The third-order valence-corrected chi connectivity index (χ3v) is 5.08. The monoisotopic (exact) mass is 295 g/mol. The van der Waals surface area contributed by atoms with Gasteiger partial charge in [-0.25, -0.2) is 15.8 Å². The summed E-state index contributed by atoms with van der Waals surface area (Å²) in [4.78, 5) is 8.66. The van der Waals surface area contributed by atoms with Crippen LogP contribution in [0.2, 0.25) is 0 Å². The molecule has 1 aliphatic carbocycles. The lowest BCUT2D eigenvalue weighted by molar-refractivity contribution is 0.474. The van der Waals surface area contributed by atoms with Crippen LogP contribution in [0.5, 0.6) is 0 Å². The minimum atomic E-state index is 0.495. The summed E-state index contributed by atoms with van der Waals surface area (Å²) < 4.78 is 0. The second-order valence-electron chi connectivity index (χ2n) is 5.25. The van der Waals surface area contributed by atoms with Crippen molar-refractivity contribution in [1.82, 2.24) is 9.97 Å². The van der Waals surface area contributed by atoms with E-state index in [1.54, 1.807) is 6.33 Å². The topological polar surface area (TPSA) is 75.9 Å². The maximum Gasteiger partial charge on any atom is 0.148 e. The van der Waals surface area contributed by atoms with Gasteiger partial charge in [0.05, 0.1) is 0 Å². The molecular formula is C14H25N5S. The molecule has 2 rings (SSSR count). The van der Waals surface area contributed by atoms with E-state index < -0.39 is 0 Å². The highest BCUT2D eigenvalue weighted by Gasteiger charge is 2.25. The molecule has 1 aromatic rings. The van der Waals surface area contributed by atoms with Crippen LogP contribution < -0.4 is 16.6 Å². The summed E-state index contributed by atoms with van der Waals surface area (Å²) in [6.07, 6.45) is 10.9. The van der Waals surface area contributed by atoms with E-state index in [-0.39, 0.29) is 0 Å². The Balaban J connectivity index is 2.18. The van der Waals surface area contributed by atoms with E-state index in [2.05, 4.69) is 33.9 Å². The summed E-state index contributed by atoms with van der Waals surface area (Å²) in [5.74, 6) is 7.25. The molecule has 0 spiro atoms. The molecule has 2 unspecified atom stereocenters. The fourth-order valence-corrected chi connectivity index (χ4v) is 3.80. The number of nitrogens with one attached hydrogen (secondary N) is 2. The zero-order valence-electron chi connectivity index (χ0n) is 12.4. The van der Waals surface area contributed by atoms with E-state index >= 15 is 0 Å². The van der Waals surface area contributed by atoms with Crippen molar-refractivity contribution in [3.8, 4) is 0 Å². The molecule has 1 aliphatic rings. The second kappa shape index (κ2) is 7.69. The molecule has 6 heteroatoms. The lowest BCUT2D eigenvalue weighted by Crippen LogP contribution is -2.35. The van der Waals surface area contributed by atoms with E-state index in [0.717, 1.165) is 30.0 Å². The van der Waals surface area contributed by atoms with Gasteiger partial charge < -0.3 is 10.7 Å². The number of hydrogen-bond acceptors (Lipinski definition) is 6. The van der Waals surface area contributed by atoms with Gasteiger partial charge in [0.1, 0.15) is 18.0 Å². The molecule has 0 radical (unpaired) electrons. The van der Waals surface area contributed by atoms with Crippen molar-refractivity contribution in [2.75, 3.05) is 17.0 Å². The van der Waals surface area contributed by atoms with Gasteiger partial charge in [-0.2, -0.15) is 11.8 Å². The second-order valence-corrected chi connectivity index (χ2v) is 6.33. The van der Waals surface area contributed by atoms with Crippen molar-refractivity contribution >= 4 is 23.4 Å². The van der Waals surface area contributed by atoms with Crippen molar-refractivity contribution in [3.05, 3.63) is 11.9 Å². The number of hydrogen-bond donors (Lipinski definition) is 3. The Morgan fingerprint density at radius 2 is 2.05 bits per heavy atom. The Morgan fingerprint density at radius 1 is 1.30 bits per heavy atom. The molecular weight excluding hydrogens is 270 g/mol. The minimum Gasteiger partial charge on any atom is -0.366 e. The highest BCUT2D eigenvalue weighted by atomic mass is 32.2. The van der Waals surface area contributed by atoms with Crippen LogP contribution in [0.15, 0.2) is 6.33 Å². The Labute approximate surface area is 125 Å². The van der Waals surface area contributed by atoms with Gasteiger partial charge in [0, 0.05) is 16.9 Å². The molecule has 2 atom stereocenters. The van der Waals surface area contributed by atoms with Gasteiger partial charge in [-0.15, -0.1) is 0 Å². The number of rotatable bonds is 6. The van der Waals surface area contributed by atoms with Gasteiger partial charge in [0.15, 0.2) is 0 Å². The molecule has 112 valence electrons. The molecule has 1 heterocycles. The van der Waals surface area contributed by atoms with Crippen molar-refractivity contribution in [1.29, 1.82) is 0 Å². The van der Waals surface area contributed by atoms with Crippen LogP contribution in [0.3, 0.4) is 0 Å². The normalized spacial score (nSPS) is 22.6. The first-order chi connectivity index (χ1) is 9.80. The molecule has 5 nitrogen and oxygen atoms in total. The number of hydrazine groups is 1. The SMILES string of the molecule is CCCc1c(NN)ncnc1NC1CCCCC1SC. The van der Waals surface area contributed by atoms with Crippen molar-refractivity contribution in [3.63, 3.8) is 0 Å². The quantitative estimate of drug-likeness (QED) is 0.553. The standard InChI is InChI=1S/C14H25N5S/c1-3-6-10-13(16-9-17-14(10)19-15)18-11-7-4-5-8-12(11)20-2/h9,11-12H,3-8,15H2,1-2H3,(H2,16,17,18,19). The molecule has 4 N–H and O–H groups in total. The molecule has 0 aromatic carbocycles. The molecule has 1 aromatic heterocycles. The summed E-state index contributed by atoms with van der Waals surface area (Å²) in [5, 5.41) is 4.31. The van der Waals surface area contributed by atoms with E-state index in [9.17, 15) is 0 Å². The largest absolute Gasteiger partial charge is 0.366 e. The maximum absolute atomic E-state index is 5.56. The van der Waals surface area contributed by atoms with E-state index in [1.807, 2.05) is 11.8 Å². The first kappa shape index (κ1) is 15.4. The molecule has 1 fully saturated rings. The predicted molar refractivity (Wildman–Crippen MR) is 87.0 cm³/mol. The number of nitrogens with zero attached hydrogens (tertiary/aromatic N) is 2. The number of thioether (sulfide) groups is 1. The first-order valence-electron chi connectivity index (χ1n) is 7.40. The van der Waals surface area contributed by atoms with Gasteiger partial charge in [0.25, 0.3) is 0 Å². The van der Waals surface area contributed by atoms with Gasteiger partial charge >= 0.3 is 0 Å². The summed E-state index contributed by atoms with van der Waals surface area (Å²) in [6.45, 7) is 2.16. The summed E-state index contributed by atoms with van der Waals surface area (Å²) in [7, 11) is 0. The van der Waals surface area contributed by atoms with Crippen LogP contribution in [0, 0.1) is 0 Å². The average Bonchev–Trinajstić information content (AvgIpc) is 2.49. The lowest BCUT2D eigenvalue weighted by atomic mass is 9.94. The van der Waals surface area contributed by atoms with Gasteiger partial charge in [0.2, 0.25) is 0 Å². The fraction of sp³-hybridized carbons (Fsp3) is 0.714. The smallest absolute Gasteiger partial charge is 0.148 e. The molecule has 0 bridgehead atoms. The third-order valence-electron chi connectivity index (χ3n) is 3.91. The zero-order chi connectivity index (χ0) is 14.4. The zero-order valence-corrected chi connectivity index (χ0v) is 13.2. The maximum atomic E-state index is 5.56. The van der Waals surface area contributed by atoms with Crippen LogP contribution in [-0.2, 0) is 6.42 Å². The van der Waals surface area contributed by atoms with E-state index in [1.165, 1.54) is 25.7 Å². The van der Waals surface area contributed by atoms with Crippen LogP contribution in [-0.4, -0.2) is 27.5 Å². The Kier molecular flexibility index (Phi) is 5.91. The van der Waals surface area contributed by atoms with Crippen LogP contribution in [0.25, 0.3) is 0 Å². The summed E-state index contributed by atoms with van der Waals surface area (Å²) >= 11 is 1.96. The van der Waals surface area contributed by atoms with Gasteiger partial charge in [-0.3, -0.25) is 0 Å². The van der Waals surface area contributed by atoms with Crippen molar-refractivity contribution in [2.45, 2.75) is 56.7 Å². The highest BCUT2D eigenvalue weighted by Crippen LogP contribution is 2.31. The van der Waals surface area contributed by atoms with Crippen LogP contribution in [0.1, 0.15) is 44.6 Å². The van der Waals surface area contributed by atoms with Gasteiger partial charge in [-0.1, -0.05) is 26.2 Å². The van der Waals surface area contributed by atoms with Gasteiger partial charge in [-0.05, 0) is 25.5 Å². The van der Waals surface area contributed by atoms with E-state index in [4.69, 9.17) is 5.84 Å². The number of aromatic nitrogens is 2. The van der Waals surface area contributed by atoms with E-state index in [0.29, 0.717) is 11.3 Å². The average molecular weight is 295 g/mol. The lowest BCUT2D eigenvalue weighted by Gasteiger charge is -2.32. The Morgan fingerprint density at radius 3 is 2.75 bits per heavy atom. The third kappa shape index (κ3) is 3.55. The molecule has 1 saturated carbocycles. The number of nitrogens with two attached hydrogens (primary N) is 1. The molecule has 0 aliphatic heterocycles. The molecule has 0 amide bonds. The summed E-state index contributed by atoms with van der Waals surface area (Å²) in [5.41, 5.74) is 3.79. The fourth-order valence-electron chi connectivity index (χ4n) is 2.87. The molecule has 0 saturated heterocycles. The number of anilines is 2.